The molecule has 1 aromatic heterocycles. The molecule has 0 aliphatic heterocycles. The zero-order valence-corrected chi connectivity index (χ0v) is 40.2. The highest BCUT2D eigenvalue weighted by Crippen LogP contribution is 2.50. The molecule has 4 aromatic rings. The molecule has 62 heavy (non-hydrogen) atoms. The van der Waals surface area contributed by atoms with Crippen molar-refractivity contribution in [3.63, 3.8) is 0 Å². The predicted octanol–water partition coefficient (Wildman–Crippen LogP) is 15.1. The molecule has 2 aliphatic rings. The first kappa shape index (κ1) is 46.8. The third kappa shape index (κ3) is 9.91. The van der Waals surface area contributed by atoms with Crippen molar-refractivity contribution in [3.8, 4) is 0 Å². The molecule has 6 rings (SSSR count). The molecule has 0 saturated carbocycles. The largest absolute Gasteiger partial charge is 0.469 e. The van der Waals surface area contributed by atoms with Crippen molar-refractivity contribution in [3.05, 3.63) is 162 Å². The number of hydrogen-bond donors (Lipinski definition) is 1. The summed E-state index contributed by atoms with van der Waals surface area (Å²) in [6, 6.07) is 20.9. The Morgan fingerprint density at radius 3 is 2.15 bits per heavy atom. The van der Waals surface area contributed by atoms with E-state index in [1.807, 2.05) is 0 Å². The molecule has 0 saturated heterocycles. The van der Waals surface area contributed by atoms with Crippen molar-refractivity contribution in [2.45, 2.75) is 155 Å². The average Bonchev–Trinajstić information content (AvgIpc) is 3.58. The van der Waals surface area contributed by atoms with Crippen LogP contribution in [-0.4, -0.2) is 19.4 Å². The Morgan fingerprint density at radius 1 is 0.839 bits per heavy atom. The number of aryl methyl sites for hydroxylation is 1. The van der Waals surface area contributed by atoms with Crippen molar-refractivity contribution in [2.75, 3.05) is 4.90 Å². The summed E-state index contributed by atoms with van der Waals surface area (Å²) in [5.41, 5.74) is 12.5. The highest BCUT2D eigenvalue weighted by atomic mass is 16.3. The maximum atomic E-state index is 7.13. The smallest absolute Gasteiger partial charge is 0.234 e. The number of rotatable bonds is 18. The van der Waals surface area contributed by atoms with Gasteiger partial charge in [-0.05, 0) is 151 Å². The number of nitrogens with zero attached hydrogens (tertiary/aromatic N) is 1. The molecule has 1 heterocycles. The Kier molecular flexibility index (Phi) is 14.6. The van der Waals surface area contributed by atoms with Crippen LogP contribution < -0.4 is 15.9 Å². The maximum Gasteiger partial charge on any atom is 0.234 e. The highest BCUT2D eigenvalue weighted by molar-refractivity contribution is 6.60. The van der Waals surface area contributed by atoms with Crippen molar-refractivity contribution < 1.29 is 4.42 Å². The number of hydrogen-bond acceptors (Lipinski definition) is 3. The summed E-state index contributed by atoms with van der Waals surface area (Å²) in [7, 11) is 2.20. The molecule has 3 aromatic carbocycles. The standard InChI is InChI=1S/C58H76BN2O/c1-15-20-44(30-35-60-52(21-16-2)46(18-4)43-25-23-40(7)24-26-43)61(45-27-28-49-47(36-45)41(8)29-31-56(49,9)10)54-48-37-50-51(58(13,14)33-32-57(50,11)12)38-53(48)62-55(54)59-34-19-22-42(17-3)39(5)6/h15-19,21,23-28,30,34-39,41-42,44,46,52,60H,1,3-4,20,22,29,31-33H2,2,5-14H3/b21-16+,34-19+,35-30+. The lowest BCUT2D eigenvalue weighted by Crippen LogP contribution is -2.35. The van der Waals surface area contributed by atoms with E-state index in [0.717, 1.165) is 48.0 Å². The average molecular weight is 828 g/mol. The van der Waals surface area contributed by atoms with E-state index in [2.05, 4.69) is 223 Å². The molecule has 0 bridgehead atoms. The molecule has 4 heteroatoms. The second-order valence-corrected chi connectivity index (χ2v) is 20.8. The summed E-state index contributed by atoms with van der Waals surface area (Å²) in [5, 5.41) is 4.98. The first-order valence-corrected chi connectivity index (χ1v) is 23.5. The zero-order valence-electron chi connectivity index (χ0n) is 40.2. The van der Waals surface area contributed by atoms with E-state index < -0.39 is 0 Å². The quantitative estimate of drug-likeness (QED) is 0.0800. The predicted molar refractivity (Wildman–Crippen MR) is 272 cm³/mol. The molecular formula is C58H76BN2O. The van der Waals surface area contributed by atoms with Crippen LogP contribution in [-0.2, 0) is 16.2 Å². The van der Waals surface area contributed by atoms with E-state index >= 15 is 0 Å². The van der Waals surface area contributed by atoms with Gasteiger partial charge in [-0.2, -0.15) is 0 Å². The van der Waals surface area contributed by atoms with Gasteiger partial charge in [0.25, 0.3) is 0 Å². The summed E-state index contributed by atoms with van der Waals surface area (Å²) in [5.74, 6) is 3.70. The van der Waals surface area contributed by atoms with Gasteiger partial charge in [0.05, 0.1) is 23.4 Å². The van der Waals surface area contributed by atoms with Crippen LogP contribution in [0.3, 0.4) is 0 Å². The lowest BCUT2D eigenvalue weighted by molar-refractivity contribution is 0.332. The van der Waals surface area contributed by atoms with Crippen molar-refractivity contribution in [1.29, 1.82) is 0 Å². The number of allylic oxidation sites excluding steroid dienone is 3. The summed E-state index contributed by atoms with van der Waals surface area (Å²) < 4.78 is 7.13. The molecule has 327 valence electrons. The number of fused-ring (bicyclic) bond motifs is 3. The molecule has 1 radical (unpaired) electrons. The second-order valence-electron chi connectivity index (χ2n) is 20.8. The van der Waals surface area contributed by atoms with Gasteiger partial charge in [-0.15, -0.1) is 25.7 Å². The summed E-state index contributed by atoms with van der Waals surface area (Å²) in [4.78, 5) is 2.56. The van der Waals surface area contributed by atoms with Crippen LogP contribution in [0.1, 0.15) is 153 Å². The summed E-state index contributed by atoms with van der Waals surface area (Å²) >= 11 is 0. The zero-order chi connectivity index (χ0) is 45.0. The van der Waals surface area contributed by atoms with E-state index in [0.29, 0.717) is 17.8 Å². The van der Waals surface area contributed by atoms with E-state index in [1.54, 1.807) is 0 Å². The van der Waals surface area contributed by atoms with Crippen molar-refractivity contribution in [1.82, 2.24) is 5.32 Å². The van der Waals surface area contributed by atoms with Gasteiger partial charge in [-0.3, -0.25) is 0 Å². The van der Waals surface area contributed by atoms with E-state index in [9.17, 15) is 0 Å². The van der Waals surface area contributed by atoms with Gasteiger partial charge in [0.15, 0.2) is 0 Å². The molecule has 2 aliphatic carbocycles. The van der Waals surface area contributed by atoms with Crippen LogP contribution in [0.5, 0.6) is 0 Å². The molecular weight excluding hydrogens is 751 g/mol. The minimum atomic E-state index is -0.0822. The Labute approximate surface area is 377 Å². The van der Waals surface area contributed by atoms with Crippen LogP contribution >= 0.6 is 0 Å². The first-order chi connectivity index (χ1) is 29.5. The Morgan fingerprint density at radius 2 is 1.52 bits per heavy atom. The van der Waals surface area contributed by atoms with Gasteiger partial charge in [0.2, 0.25) is 7.28 Å². The second kappa shape index (κ2) is 19.4. The van der Waals surface area contributed by atoms with Crippen LogP contribution in [0.2, 0.25) is 0 Å². The van der Waals surface area contributed by atoms with E-state index in [1.165, 1.54) is 51.9 Å². The van der Waals surface area contributed by atoms with Crippen LogP contribution in [0.25, 0.3) is 11.0 Å². The highest BCUT2D eigenvalue weighted by Gasteiger charge is 2.39. The summed E-state index contributed by atoms with van der Waals surface area (Å²) in [6.45, 7) is 38.4. The topological polar surface area (TPSA) is 28.4 Å². The van der Waals surface area contributed by atoms with Gasteiger partial charge in [-0.25, -0.2) is 0 Å². The molecule has 5 unspecified atom stereocenters. The SMILES string of the molecule is C=CCC(/C=C/NC(/C=C/C)C(C=C)c1ccc(C)cc1)N(c1ccc2c(c1)C(C)CCC2(C)C)c1c([B]/C=C/CC(C=C)C(C)C)oc2cc3c(cc12)C(C)(C)CCC3(C)C. The fourth-order valence-electron chi connectivity index (χ4n) is 10.1. The minimum absolute atomic E-state index is 0.0206. The monoisotopic (exact) mass is 828 g/mol. The van der Waals surface area contributed by atoms with Gasteiger partial charge in [-0.1, -0.05) is 135 Å². The molecule has 5 atom stereocenters. The number of anilines is 2. The summed E-state index contributed by atoms with van der Waals surface area (Å²) in [6.07, 6.45) is 23.7. The van der Waals surface area contributed by atoms with E-state index in [-0.39, 0.29) is 34.2 Å². The van der Waals surface area contributed by atoms with Gasteiger partial charge in [0.1, 0.15) is 5.58 Å². The maximum absolute atomic E-state index is 7.13. The Bertz CT molecular complexity index is 2300. The fourth-order valence-corrected chi connectivity index (χ4v) is 10.1. The van der Waals surface area contributed by atoms with Crippen LogP contribution in [0, 0.1) is 18.8 Å². The van der Waals surface area contributed by atoms with Gasteiger partial charge >= 0.3 is 0 Å². The third-order valence-corrected chi connectivity index (χ3v) is 14.5. The minimum Gasteiger partial charge on any atom is -0.469 e. The molecule has 1 N–H and O–H groups in total. The van der Waals surface area contributed by atoms with Crippen LogP contribution in [0.4, 0.5) is 11.4 Å². The molecule has 0 fully saturated rings. The Balaban J connectivity index is 1.56. The number of furan rings is 1. The number of benzene rings is 3. The lowest BCUT2D eigenvalue weighted by Gasteiger charge is -2.42. The first-order valence-electron chi connectivity index (χ1n) is 23.5. The number of nitrogens with one attached hydrogen (secondary N) is 1. The third-order valence-electron chi connectivity index (χ3n) is 14.5. The van der Waals surface area contributed by atoms with Gasteiger partial charge in [0, 0.05) is 17.0 Å². The van der Waals surface area contributed by atoms with Crippen LogP contribution in [0.15, 0.2) is 133 Å². The van der Waals surface area contributed by atoms with Crippen molar-refractivity contribution in [2.24, 2.45) is 11.8 Å². The molecule has 3 nitrogen and oxygen atoms in total. The normalized spacial score (nSPS) is 19.8. The lowest BCUT2D eigenvalue weighted by atomic mass is 9.63. The fraction of sp³-hybridized carbons (Fsp3) is 0.448. The van der Waals surface area contributed by atoms with Gasteiger partial charge < -0.3 is 14.6 Å². The van der Waals surface area contributed by atoms with Crippen molar-refractivity contribution >= 4 is 35.3 Å². The van der Waals surface area contributed by atoms with E-state index in [4.69, 9.17) is 4.42 Å². The molecule has 0 spiro atoms. The molecule has 0 amide bonds. The Hall–Kier alpha value is -4.70.